The smallest absolute Gasteiger partial charge is 0.165 e. The van der Waals surface area contributed by atoms with E-state index in [2.05, 4.69) is 46.7 Å². The van der Waals surface area contributed by atoms with Gasteiger partial charge in [-0.2, -0.15) is 29.8 Å². The third-order valence-electron chi connectivity index (χ3n) is 8.94. The highest BCUT2D eigenvalue weighted by molar-refractivity contribution is 9.10. The molecule has 2 fully saturated rings. The first kappa shape index (κ1) is 32.1. The van der Waals surface area contributed by atoms with Gasteiger partial charge in [0.2, 0.25) is 0 Å². The van der Waals surface area contributed by atoms with Crippen LogP contribution in [0, 0.1) is 22.7 Å². The molecule has 0 radical (unpaired) electrons. The second-order valence-corrected chi connectivity index (χ2v) is 12.9. The van der Waals surface area contributed by atoms with Gasteiger partial charge in [0, 0.05) is 65.6 Å². The van der Waals surface area contributed by atoms with Gasteiger partial charge in [0.05, 0.1) is 28.3 Å². The van der Waals surface area contributed by atoms with Crippen molar-refractivity contribution < 1.29 is 0 Å². The van der Waals surface area contributed by atoms with Crippen LogP contribution in [0.25, 0.3) is 33.5 Å². The number of piperidine rings is 2. The second kappa shape index (κ2) is 13.9. The average molecular weight is 718 g/mol. The van der Waals surface area contributed by atoms with E-state index >= 15 is 0 Å². The van der Waals surface area contributed by atoms with Gasteiger partial charge >= 0.3 is 0 Å². The third kappa shape index (κ3) is 6.39. The van der Waals surface area contributed by atoms with Gasteiger partial charge in [-0.25, -0.2) is 19.9 Å². The number of nitriles is 2. The topological polar surface area (TPSA) is 210 Å². The minimum absolute atomic E-state index is 0.317. The third-order valence-corrected chi connectivity index (χ3v) is 9.76. The van der Waals surface area contributed by atoms with Gasteiger partial charge < -0.3 is 22.1 Å². The van der Waals surface area contributed by atoms with Crippen molar-refractivity contribution in [3.05, 3.63) is 82.4 Å². The van der Waals surface area contributed by atoms with Gasteiger partial charge in [0.15, 0.2) is 11.3 Å². The van der Waals surface area contributed by atoms with E-state index in [0.717, 1.165) is 95.6 Å². The lowest BCUT2D eigenvalue weighted by Gasteiger charge is -2.23. The number of fused-ring (bicyclic) bond motifs is 2. The standard InChI is InChI=1S/C17H16BrN7.C17H17N7/c18-14-15(11-2-1-5-21-7-11)24-17-13(9-23-25(17)16(14)20)10-3-4-12(6-19)22-8-10;18-7-13-4-3-11(9-21-13)14-10-22-24-16(19)6-15(23-17(14)24)12-2-1-5-20-8-12/h3-4,8-9,11,21H,1-2,5,7,20H2;3-4,6,9-10,12,20H,1-2,5,8,19H2. The van der Waals surface area contributed by atoms with Crippen LogP contribution in [0.3, 0.4) is 0 Å². The molecule has 2 saturated heterocycles. The fraction of sp³-hybridized carbons (Fsp3) is 0.294. The quantitative estimate of drug-likeness (QED) is 0.202. The zero-order valence-corrected chi connectivity index (χ0v) is 28.1. The Morgan fingerprint density at radius 3 is 1.86 bits per heavy atom. The molecule has 8 heterocycles. The van der Waals surface area contributed by atoms with Gasteiger partial charge in [-0.05, 0) is 79.0 Å². The summed E-state index contributed by atoms with van der Waals surface area (Å²) in [6.07, 6.45) is 11.3. The van der Waals surface area contributed by atoms with Gasteiger partial charge in [0.1, 0.15) is 35.2 Å². The number of nitrogens with zero attached hydrogens (tertiary/aromatic N) is 10. The van der Waals surface area contributed by atoms with E-state index in [4.69, 9.17) is 32.0 Å². The van der Waals surface area contributed by atoms with Crippen LogP contribution >= 0.6 is 15.9 Å². The van der Waals surface area contributed by atoms with E-state index in [-0.39, 0.29) is 0 Å². The molecule has 6 aromatic heterocycles. The first-order valence-corrected chi connectivity index (χ1v) is 16.9. The molecule has 6 N–H and O–H groups in total. The van der Waals surface area contributed by atoms with E-state index in [1.807, 2.05) is 30.3 Å². The summed E-state index contributed by atoms with van der Waals surface area (Å²) in [5.74, 6) is 1.80. The van der Waals surface area contributed by atoms with Crippen molar-refractivity contribution in [1.82, 2.24) is 49.8 Å². The Morgan fingerprint density at radius 2 is 1.33 bits per heavy atom. The van der Waals surface area contributed by atoms with Crippen LogP contribution in [0.1, 0.15) is 60.3 Å². The number of halogens is 1. The number of pyridine rings is 2. The molecule has 49 heavy (non-hydrogen) atoms. The lowest BCUT2D eigenvalue weighted by atomic mass is 9.96. The van der Waals surface area contributed by atoms with E-state index in [0.29, 0.717) is 40.5 Å². The summed E-state index contributed by atoms with van der Waals surface area (Å²) >= 11 is 3.60. The highest BCUT2D eigenvalue weighted by Gasteiger charge is 2.24. The Labute approximate surface area is 290 Å². The molecule has 2 unspecified atom stereocenters. The van der Waals surface area contributed by atoms with Crippen LogP contribution in [0.5, 0.6) is 0 Å². The van der Waals surface area contributed by atoms with Gasteiger partial charge in [0.25, 0.3) is 0 Å². The molecular formula is C34H33BrN14. The molecule has 246 valence electrons. The molecule has 0 amide bonds. The van der Waals surface area contributed by atoms with Crippen molar-refractivity contribution in [1.29, 1.82) is 10.5 Å². The van der Waals surface area contributed by atoms with Crippen molar-refractivity contribution in [2.75, 3.05) is 37.6 Å². The molecule has 14 nitrogen and oxygen atoms in total. The van der Waals surface area contributed by atoms with Crippen LogP contribution < -0.4 is 22.1 Å². The van der Waals surface area contributed by atoms with Crippen molar-refractivity contribution in [3.63, 3.8) is 0 Å². The summed E-state index contributed by atoms with van der Waals surface area (Å²) < 4.78 is 4.09. The fourth-order valence-corrected chi connectivity index (χ4v) is 6.91. The molecule has 2 aliphatic heterocycles. The second-order valence-electron chi connectivity index (χ2n) is 12.1. The first-order chi connectivity index (χ1) is 23.9. The molecule has 15 heteroatoms. The van der Waals surface area contributed by atoms with Crippen molar-refractivity contribution in [2.45, 2.75) is 37.5 Å². The Morgan fingerprint density at radius 1 is 0.755 bits per heavy atom. The maximum Gasteiger partial charge on any atom is 0.165 e. The number of nitrogens with two attached hydrogens (primary N) is 2. The molecule has 0 bridgehead atoms. The predicted molar refractivity (Wildman–Crippen MR) is 188 cm³/mol. The number of hydrogen-bond donors (Lipinski definition) is 4. The van der Waals surface area contributed by atoms with Crippen LogP contribution in [0.4, 0.5) is 11.6 Å². The van der Waals surface area contributed by atoms with E-state index < -0.39 is 0 Å². The lowest BCUT2D eigenvalue weighted by Crippen LogP contribution is -2.29. The maximum absolute atomic E-state index is 8.91. The minimum Gasteiger partial charge on any atom is -0.384 e. The highest BCUT2D eigenvalue weighted by atomic mass is 79.9. The average Bonchev–Trinajstić information content (AvgIpc) is 3.79. The number of aromatic nitrogens is 8. The molecular weight excluding hydrogens is 684 g/mol. The SMILES string of the molecule is N#Cc1ccc(-c2cnn3c(N)c(Br)c(C4CCCNC4)nc23)cn1.N#Cc1ccc(-c2cnn3c(N)cc(C4CCCNC4)nc23)cn1. The number of anilines is 2. The number of nitrogen functional groups attached to an aromatic ring is 2. The van der Waals surface area contributed by atoms with Crippen molar-refractivity contribution >= 4 is 38.9 Å². The summed E-state index contributed by atoms with van der Waals surface area (Å²) in [7, 11) is 0. The number of hydrogen-bond acceptors (Lipinski definition) is 12. The number of rotatable bonds is 4. The predicted octanol–water partition coefficient (Wildman–Crippen LogP) is 4.19. The summed E-state index contributed by atoms with van der Waals surface area (Å²) in [5.41, 5.74) is 20.1. The Hall–Kier alpha value is -5.48. The molecule has 0 aliphatic carbocycles. The maximum atomic E-state index is 8.91. The summed E-state index contributed by atoms with van der Waals surface area (Å²) in [6, 6.07) is 13.1. The molecule has 0 saturated carbocycles. The fourth-order valence-electron chi connectivity index (χ4n) is 6.33. The van der Waals surface area contributed by atoms with E-state index in [1.165, 1.54) is 0 Å². The van der Waals surface area contributed by atoms with E-state index in [9.17, 15) is 0 Å². The summed E-state index contributed by atoms with van der Waals surface area (Å²) in [4.78, 5) is 18.0. The monoisotopic (exact) mass is 716 g/mol. The molecule has 0 aromatic carbocycles. The van der Waals surface area contributed by atoms with Crippen LogP contribution in [0.15, 0.2) is 59.6 Å². The summed E-state index contributed by atoms with van der Waals surface area (Å²) in [5, 5.41) is 33.3. The lowest BCUT2D eigenvalue weighted by molar-refractivity contribution is 0.453. The number of nitrogens with one attached hydrogen (secondary N) is 2. The molecule has 2 atom stereocenters. The largest absolute Gasteiger partial charge is 0.384 e. The van der Waals surface area contributed by atoms with Gasteiger partial charge in [-0.3, -0.25) is 0 Å². The van der Waals surface area contributed by atoms with Crippen LogP contribution in [-0.2, 0) is 0 Å². The minimum atomic E-state index is 0.317. The first-order valence-electron chi connectivity index (χ1n) is 16.1. The van der Waals surface area contributed by atoms with Crippen LogP contribution in [0.2, 0.25) is 0 Å². The normalized spacial score (nSPS) is 17.6. The highest BCUT2D eigenvalue weighted by Crippen LogP contribution is 2.35. The molecule has 0 spiro atoms. The molecule has 6 aromatic rings. The Bertz CT molecular complexity index is 2200. The molecule has 2 aliphatic rings. The van der Waals surface area contributed by atoms with Crippen LogP contribution in [-0.4, -0.2) is 65.3 Å². The van der Waals surface area contributed by atoms with Crippen molar-refractivity contribution in [3.8, 4) is 34.4 Å². The summed E-state index contributed by atoms with van der Waals surface area (Å²) in [6.45, 7) is 3.91. The van der Waals surface area contributed by atoms with Gasteiger partial charge in [-0.1, -0.05) is 0 Å². The zero-order valence-electron chi connectivity index (χ0n) is 26.5. The van der Waals surface area contributed by atoms with Gasteiger partial charge in [-0.15, -0.1) is 0 Å². The Kier molecular flexibility index (Phi) is 9.13. The van der Waals surface area contributed by atoms with Crippen molar-refractivity contribution in [2.24, 2.45) is 0 Å². The Balaban J connectivity index is 0.000000154. The van der Waals surface area contributed by atoms with E-state index in [1.54, 1.807) is 46.0 Å². The molecule has 8 rings (SSSR count). The zero-order chi connectivity index (χ0) is 33.9.